The van der Waals surface area contributed by atoms with E-state index in [0.717, 1.165) is 11.3 Å². The average molecular weight is 313 g/mol. The Kier molecular flexibility index (Phi) is 5.40. The van der Waals surface area contributed by atoms with E-state index in [4.69, 9.17) is 15.2 Å². The monoisotopic (exact) mass is 313 g/mol. The van der Waals surface area contributed by atoms with E-state index in [1.54, 1.807) is 0 Å². The first kappa shape index (κ1) is 17.0. The third-order valence-electron chi connectivity index (χ3n) is 3.07. The standard InChI is InChI=1S/C19H23NO3/c1-19(2,3)23-18(21)13-17(20)14-8-7-11-16(12-14)22-15-9-5-4-6-10-15/h4-12,17H,13,20H2,1-3H3. The highest BCUT2D eigenvalue weighted by Crippen LogP contribution is 2.25. The van der Waals surface area contributed by atoms with Crippen LogP contribution in [0.1, 0.15) is 38.8 Å². The molecule has 2 aromatic carbocycles. The van der Waals surface area contributed by atoms with Crippen molar-refractivity contribution in [2.45, 2.75) is 38.8 Å². The van der Waals surface area contributed by atoms with Crippen LogP contribution in [0.4, 0.5) is 0 Å². The highest BCUT2D eigenvalue weighted by Gasteiger charge is 2.19. The minimum Gasteiger partial charge on any atom is -0.460 e. The van der Waals surface area contributed by atoms with Crippen molar-refractivity contribution >= 4 is 5.97 Å². The van der Waals surface area contributed by atoms with Crippen molar-refractivity contribution in [3.63, 3.8) is 0 Å². The molecule has 2 N–H and O–H groups in total. The summed E-state index contributed by atoms with van der Waals surface area (Å²) in [5.41, 5.74) is 6.45. The van der Waals surface area contributed by atoms with Gasteiger partial charge in [0, 0.05) is 6.04 Å². The summed E-state index contributed by atoms with van der Waals surface area (Å²) < 4.78 is 11.1. The van der Waals surface area contributed by atoms with Gasteiger partial charge in [-0.15, -0.1) is 0 Å². The lowest BCUT2D eigenvalue weighted by atomic mass is 10.0. The van der Waals surface area contributed by atoms with E-state index in [-0.39, 0.29) is 12.4 Å². The van der Waals surface area contributed by atoms with Gasteiger partial charge in [0.05, 0.1) is 6.42 Å². The van der Waals surface area contributed by atoms with Crippen LogP contribution in [0.3, 0.4) is 0 Å². The van der Waals surface area contributed by atoms with Crippen molar-refractivity contribution in [2.24, 2.45) is 5.73 Å². The molecular weight excluding hydrogens is 290 g/mol. The van der Waals surface area contributed by atoms with Crippen LogP contribution in [-0.4, -0.2) is 11.6 Å². The zero-order valence-electron chi connectivity index (χ0n) is 13.8. The van der Waals surface area contributed by atoms with Gasteiger partial charge in [-0.1, -0.05) is 30.3 Å². The van der Waals surface area contributed by atoms with Crippen LogP contribution in [0.5, 0.6) is 11.5 Å². The van der Waals surface area contributed by atoms with Crippen LogP contribution in [0.15, 0.2) is 54.6 Å². The molecule has 0 fully saturated rings. The number of para-hydroxylation sites is 1. The van der Waals surface area contributed by atoms with Crippen LogP contribution < -0.4 is 10.5 Å². The van der Waals surface area contributed by atoms with Gasteiger partial charge in [-0.2, -0.15) is 0 Å². The number of hydrogen-bond acceptors (Lipinski definition) is 4. The first-order valence-electron chi connectivity index (χ1n) is 7.64. The number of rotatable bonds is 5. The molecule has 1 unspecified atom stereocenters. The van der Waals surface area contributed by atoms with Crippen molar-refractivity contribution < 1.29 is 14.3 Å². The zero-order chi connectivity index (χ0) is 16.9. The number of carbonyl (C=O) groups is 1. The highest BCUT2D eigenvalue weighted by molar-refractivity contribution is 5.71. The van der Waals surface area contributed by atoms with E-state index in [9.17, 15) is 4.79 Å². The summed E-state index contributed by atoms with van der Waals surface area (Å²) in [7, 11) is 0. The molecule has 0 radical (unpaired) electrons. The Morgan fingerprint density at radius 1 is 1.04 bits per heavy atom. The van der Waals surface area contributed by atoms with E-state index in [2.05, 4.69) is 0 Å². The molecule has 122 valence electrons. The SMILES string of the molecule is CC(C)(C)OC(=O)CC(N)c1cccc(Oc2ccccc2)c1. The van der Waals surface area contributed by atoms with E-state index >= 15 is 0 Å². The van der Waals surface area contributed by atoms with Gasteiger partial charge in [0.2, 0.25) is 0 Å². The average Bonchev–Trinajstić information content (AvgIpc) is 2.46. The lowest BCUT2D eigenvalue weighted by Gasteiger charge is -2.21. The molecule has 0 saturated carbocycles. The van der Waals surface area contributed by atoms with Crippen molar-refractivity contribution in [1.82, 2.24) is 0 Å². The molecule has 0 saturated heterocycles. The second-order valence-corrected chi connectivity index (χ2v) is 6.38. The van der Waals surface area contributed by atoms with E-state index in [1.807, 2.05) is 75.4 Å². The van der Waals surface area contributed by atoms with Gasteiger partial charge in [-0.3, -0.25) is 4.79 Å². The fourth-order valence-corrected chi connectivity index (χ4v) is 2.11. The van der Waals surface area contributed by atoms with Crippen LogP contribution in [-0.2, 0) is 9.53 Å². The number of hydrogen-bond donors (Lipinski definition) is 1. The molecular formula is C19H23NO3. The van der Waals surface area contributed by atoms with E-state index in [0.29, 0.717) is 5.75 Å². The molecule has 0 aliphatic rings. The number of esters is 1. The van der Waals surface area contributed by atoms with Crippen molar-refractivity contribution in [1.29, 1.82) is 0 Å². The van der Waals surface area contributed by atoms with Gasteiger partial charge >= 0.3 is 5.97 Å². The summed E-state index contributed by atoms with van der Waals surface area (Å²) in [6.45, 7) is 5.51. The molecule has 4 heteroatoms. The molecule has 0 heterocycles. The molecule has 0 aliphatic heterocycles. The highest BCUT2D eigenvalue weighted by atomic mass is 16.6. The summed E-state index contributed by atoms with van der Waals surface area (Å²) in [5.74, 6) is 1.14. The third-order valence-corrected chi connectivity index (χ3v) is 3.07. The van der Waals surface area contributed by atoms with Crippen LogP contribution in [0, 0.1) is 0 Å². The lowest BCUT2D eigenvalue weighted by molar-refractivity contribution is -0.155. The minimum atomic E-state index is -0.505. The van der Waals surface area contributed by atoms with Gasteiger partial charge in [0.15, 0.2) is 0 Å². The summed E-state index contributed by atoms with van der Waals surface area (Å²) in [6.07, 6.45) is 0.131. The minimum absolute atomic E-state index is 0.131. The molecule has 4 nitrogen and oxygen atoms in total. The molecule has 0 aliphatic carbocycles. The maximum atomic E-state index is 11.9. The second-order valence-electron chi connectivity index (χ2n) is 6.38. The summed E-state index contributed by atoms with van der Waals surface area (Å²) in [5, 5.41) is 0. The van der Waals surface area contributed by atoms with Crippen molar-refractivity contribution in [3.8, 4) is 11.5 Å². The summed E-state index contributed by atoms with van der Waals surface area (Å²) in [6, 6.07) is 16.5. The number of nitrogens with two attached hydrogens (primary N) is 1. The number of carbonyl (C=O) groups excluding carboxylic acids is 1. The second kappa shape index (κ2) is 7.29. The summed E-state index contributed by atoms with van der Waals surface area (Å²) in [4.78, 5) is 11.9. The normalized spacial score (nSPS) is 12.5. The molecule has 0 aromatic heterocycles. The number of benzene rings is 2. The molecule has 2 aromatic rings. The van der Waals surface area contributed by atoms with Crippen molar-refractivity contribution in [2.75, 3.05) is 0 Å². The Hall–Kier alpha value is -2.33. The van der Waals surface area contributed by atoms with Crippen LogP contribution >= 0.6 is 0 Å². The smallest absolute Gasteiger partial charge is 0.308 e. The molecule has 0 spiro atoms. The fourth-order valence-electron chi connectivity index (χ4n) is 2.11. The molecule has 0 amide bonds. The van der Waals surface area contributed by atoms with Gasteiger partial charge < -0.3 is 15.2 Å². The predicted octanol–water partition coefficient (Wildman–Crippen LogP) is 4.21. The van der Waals surface area contributed by atoms with E-state index in [1.165, 1.54) is 0 Å². The van der Waals surface area contributed by atoms with Gasteiger partial charge in [-0.05, 0) is 50.6 Å². The first-order valence-corrected chi connectivity index (χ1v) is 7.64. The molecule has 1 atom stereocenters. The molecule has 23 heavy (non-hydrogen) atoms. The Bertz CT molecular complexity index is 647. The third kappa shape index (κ3) is 5.75. The Labute approximate surface area is 137 Å². The first-order chi connectivity index (χ1) is 10.8. The Morgan fingerprint density at radius 2 is 1.70 bits per heavy atom. The molecule has 2 rings (SSSR count). The van der Waals surface area contributed by atoms with Crippen LogP contribution in [0.2, 0.25) is 0 Å². The summed E-state index contributed by atoms with van der Waals surface area (Å²) >= 11 is 0. The van der Waals surface area contributed by atoms with Crippen LogP contribution in [0.25, 0.3) is 0 Å². The Morgan fingerprint density at radius 3 is 2.35 bits per heavy atom. The number of ether oxygens (including phenoxy) is 2. The van der Waals surface area contributed by atoms with Crippen molar-refractivity contribution in [3.05, 3.63) is 60.2 Å². The predicted molar refractivity (Wildman–Crippen MR) is 90.3 cm³/mol. The van der Waals surface area contributed by atoms with E-state index < -0.39 is 11.6 Å². The lowest BCUT2D eigenvalue weighted by Crippen LogP contribution is -2.26. The zero-order valence-corrected chi connectivity index (χ0v) is 13.8. The largest absolute Gasteiger partial charge is 0.460 e. The maximum Gasteiger partial charge on any atom is 0.308 e. The quantitative estimate of drug-likeness (QED) is 0.840. The Balaban J connectivity index is 2.02. The molecule has 0 bridgehead atoms. The van der Waals surface area contributed by atoms with Gasteiger partial charge in [0.25, 0.3) is 0 Å². The van der Waals surface area contributed by atoms with Gasteiger partial charge in [-0.25, -0.2) is 0 Å². The fraction of sp³-hybridized carbons (Fsp3) is 0.316. The topological polar surface area (TPSA) is 61.5 Å². The van der Waals surface area contributed by atoms with Gasteiger partial charge in [0.1, 0.15) is 17.1 Å². The maximum absolute atomic E-state index is 11.9.